The van der Waals surface area contributed by atoms with Crippen LogP contribution in [0.15, 0.2) is 57.9 Å². The predicted octanol–water partition coefficient (Wildman–Crippen LogP) is 3.82. The number of halogens is 1. The van der Waals surface area contributed by atoms with Gasteiger partial charge in [0.05, 0.1) is 11.9 Å². The quantitative estimate of drug-likeness (QED) is 0.446. The zero-order valence-electron chi connectivity index (χ0n) is 15.3. The molecule has 0 aliphatic heterocycles. The lowest BCUT2D eigenvalue weighted by molar-refractivity contribution is -0.119. The van der Waals surface area contributed by atoms with Gasteiger partial charge in [-0.25, -0.2) is 8.42 Å². The molecule has 0 aliphatic carbocycles. The van der Waals surface area contributed by atoms with Gasteiger partial charge in [0.1, 0.15) is 6.54 Å². The van der Waals surface area contributed by atoms with E-state index < -0.39 is 10.0 Å². The molecule has 0 saturated heterocycles. The van der Waals surface area contributed by atoms with Gasteiger partial charge >= 0.3 is 0 Å². The summed E-state index contributed by atoms with van der Waals surface area (Å²) in [7, 11) is -3.56. The van der Waals surface area contributed by atoms with Crippen molar-refractivity contribution >= 4 is 49.3 Å². The average molecular weight is 471 g/mol. The maximum Gasteiger partial charge on any atom is 0.240 e. The van der Waals surface area contributed by atoms with Gasteiger partial charge in [-0.15, -0.1) is 11.8 Å². The third-order valence-corrected chi connectivity index (χ3v) is 6.90. The van der Waals surface area contributed by atoms with Gasteiger partial charge in [0.25, 0.3) is 0 Å². The summed E-state index contributed by atoms with van der Waals surface area (Å²) in [6.45, 7) is 2.15. The molecule has 27 heavy (non-hydrogen) atoms. The van der Waals surface area contributed by atoms with Gasteiger partial charge in [-0.1, -0.05) is 34.1 Å². The minimum Gasteiger partial charge on any atom is -0.354 e. The van der Waals surface area contributed by atoms with E-state index in [-0.39, 0.29) is 12.5 Å². The summed E-state index contributed by atoms with van der Waals surface area (Å²) in [5.74, 6) is 0.567. The molecular weight excluding hydrogens is 448 g/mol. The van der Waals surface area contributed by atoms with Crippen molar-refractivity contribution in [3.8, 4) is 0 Å². The fourth-order valence-corrected chi connectivity index (χ4v) is 4.35. The van der Waals surface area contributed by atoms with E-state index in [4.69, 9.17) is 0 Å². The van der Waals surface area contributed by atoms with E-state index in [1.807, 2.05) is 37.3 Å². The molecule has 2 rings (SSSR count). The van der Waals surface area contributed by atoms with Crippen molar-refractivity contribution in [1.82, 2.24) is 5.32 Å². The topological polar surface area (TPSA) is 66.5 Å². The van der Waals surface area contributed by atoms with Crippen LogP contribution in [0.2, 0.25) is 0 Å². The third-order valence-electron chi connectivity index (χ3n) is 3.77. The van der Waals surface area contributed by atoms with Crippen molar-refractivity contribution in [3.05, 3.63) is 58.6 Å². The molecule has 146 valence electrons. The van der Waals surface area contributed by atoms with E-state index in [0.29, 0.717) is 12.2 Å². The number of hydrogen-bond donors (Lipinski definition) is 1. The zero-order valence-corrected chi connectivity index (χ0v) is 18.5. The number of amides is 1. The molecule has 0 radical (unpaired) electrons. The molecule has 0 atom stereocenters. The Balaban J connectivity index is 1.86. The fraction of sp³-hybridized carbons (Fsp3) is 0.316. The number of carbonyl (C=O) groups is 1. The monoisotopic (exact) mass is 470 g/mol. The van der Waals surface area contributed by atoms with Crippen molar-refractivity contribution in [2.75, 3.05) is 29.4 Å². The molecule has 5 nitrogen and oxygen atoms in total. The lowest BCUT2D eigenvalue weighted by Crippen LogP contribution is -2.40. The number of anilines is 1. The minimum atomic E-state index is -3.56. The molecule has 0 aromatic heterocycles. The number of hydrogen-bond acceptors (Lipinski definition) is 4. The highest BCUT2D eigenvalue weighted by atomic mass is 79.9. The second-order valence-corrected chi connectivity index (χ2v) is 10.00. The van der Waals surface area contributed by atoms with Crippen LogP contribution >= 0.6 is 27.7 Å². The van der Waals surface area contributed by atoms with Crippen molar-refractivity contribution in [2.24, 2.45) is 0 Å². The Hall–Kier alpha value is -1.51. The number of sulfonamides is 1. The normalized spacial score (nSPS) is 11.2. The van der Waals surface area contributed by atoms with Gasteiger partial charge in [-0.3, -0.25) is 9.10 Å². The Bertz CT molecular complexity index is 874. The Morgan fingerprint density at radius 2 is 1.89 bits per heavy atom. The van der Waals surface area contributed by atoms with Crippen molar-refractivity contribution in [1.29, 1.82) is 0 Å². The molecule has 0 spiro atoms. The number of nitrogens with zero attached hydrogens (tertiary/aromatic N) is 1. The second kappa shape index (κ2) is 10.1. The van der Waals surface area contributed by atoms with E-state index in [2.05, 4.69) is 21.2 Å². The van der Waals surface area contributed by atoms with Crippen LogP contribution in [-0.2, 0) is 14.8 Å². The second-order valence-electron chi connectivity index (χ2n) is 6.07. The standard InChI is InChI=1S/C19H23BrN2O3S2/c1-15-13-16(9-10-18(15)20)22(27(2,24)25)14-19(23)21-11-6-12-26-17-7-4-3-5-8-17/h3-5,7-10,13H,6,11-12,14H2,1-2H3,(H,21,23). The van der Waals surface area contributed by atoms with Crippen LogP contribution in [0, 0.1) is 6.92 Å². The Kier molecular flexibility index (Phi) is 8.19. The summed E-state index contributed by atoms with van der Waals surface area (Å²) in [6, 6.07) is 15.3. The van der Waals surface area contributed by atoms with E-state index in [1.54, 1.807) is 30.0 Å². The molecule has 1 N–H and O–H groups in total. The molecule has 0 saturated carbocycles. The largest absolute Gasteiger partial charge is 0.354 e. The van der Waals surface area contributed by atoms with E-state index >= 15 is 0 Å². The number of aryl methyl sites for hydroxylation is 1. The van der Waals surface area contributed by atoms with Gasteiger partial charge < -0.3 is 5.32 Å². The maximum atomic E-state index is 12.2. The Morgan fingerprint density at radius 1 is 1.19 bits per heavy atom. The summed E-state index contributed by atoms with van der Waals surface area (Å²) < 4.78 is 26.3. The minimum absolute atomic E-state index is 0.230. The van der Waals surface area contributed by atoms with Crippen molar-refractivity contribution in [2.45, 2.75) is 18.2 Å². The number of nitrogens with one attached hydrogen (secondary N) is 1. The fourth-order valence-electron chi connectivity index (χ4n) is 2.38. The lowest BCUT2D eigenvalue weighted by Gasteiger charge is -2.22. The van der Waals surface area contributed by atoms with Crippen molar-refractivity contribution < 1.29 is 13.2 Å². The van der Waals surface area contributed by atoms with Crippen LogP contribution in [0.4, 0.5) is 5.69 Å². The summed E-state index contributed by atoms with van der Waals surface area (Å²) in [6.07, 6.45) is 1.91. The average Bonchev–Trinajstić information content (AvgIpc) is 2.62. The van der Waals surface area contributed by atoms with Crippen LogP contribution in [0.3, 0.4) is 0 Å². The van der Waals surface area contributed by atoms with E-state index in [9.17, 15) is 13.2 Å². The van der Waals surface area contributed by atoms with Crippen molar-refractivity contribution in [3.63, 3.8) is 0 Å². The van der Waals surface area contributed by atoms with Crippen LogP contribution in [0.25, 0.3) is 0 Å². The summed E-state index contributed by atoms with van der Waals surface area (Å²) in [5.41, 5.74) is 1.38. The predicted molar refractivity (Wildman–Crippen MR) is 116 cm³/mol. The van der Waals surface area contributed by atoms with Crippen LogP contribution in [0.5, 0.6) is 0 Å². The molecular formula is C19H23BrN2O3S2. The number of carbonyl (C=O) groups excluding carboxylic acids is 1. The molecule has 0 aliphatic rings. The first kappa shape index (κ1) is 21.8. The van der Waals surface area contributed by atoms with Gasteiger partial charge in [0.15, 0.2) is 0 Å². The Labute approximate surface area is 173 Å². The summed E-state index contributed by atoms with van der Waals surface area (Å²) >= 11 is 5.12. The maximum absolute atomic E-state index is 12.2. The lowest BCUT2D eigenvalue weighted by atomic mass is 10.2. The van der Waals surface area contributed by atoms with Gasteiger partial charge in [0, 0.05) is 15.9 Å². The molecule has 0 heterocycles. The number of benzene rings is 2. The van der Waals surface area contributed by atoms with Crippen LogP contribution < -0.4 is 9.62 Å². The molecule has 2 aromatic carbocycles. The highest BCUT2D eigenvalue weighted by molar-refractivity contribution is 9.10. The molecule has 1 amide bonds. The highest BCUT2D eigenvalue weighted by Crippen LogP contribution is 2.24. The molecule has 0 bridgehead atoms. The van der Waals surface area contributed by atoms with Gasteiger partial charge in [0.2, 0.25) is 15.9 Å². The summed E-state index contributed by atoms with van der Waals surface area (Å²) in [4.78, 5) is 13.4. The molecule has 0 fully saturated rings. The first-order valence-corrected chi connectivity index (χ1v) is 12.1. The first-order valence-electron chi connectivity index (χ1n) is 8.46. The van der Waals surface area contributed by atoms with Gasteiger partial charge in [-0.05, 0) is 55.0 Å². The highest BCUT2D eigenvalue weighted by Gasteiger charge is 2.21. The third kappa shape index (κ3) is 7.20. The van der Waals surface area contributed by atoms with Crippen LogP contribution in [-0.4, -0.2) is 39.4 Å². The first-order chi connectivity index (χ1) is 12.8. The SMILES string of the molecule is Cc1cc(N(CC(=O)NCCCSc2ccccc2)S(C)(=O)=O)ccc1Br. The Morgan fingerprint density at radius 3 is 2.52 bits per heavy atom. The van der Waals surface area contributed by atoms with Gasteiger partial charge in [-0.2, -0.15) is 0 Å². The van der Waals surface area contributed by atoms with E-state index in [0.717, 1.165) is 32.8 Å². The number of thioether (sulfide) groups is 1. The smallest absolute Gasteiger partial charge is 0.240 e. The van der Waals surface area contributed by atoms with Crippen LogP contribution in [0.1, 0.15) is 12.0 Å². The zero-order chi connectivity index (χ0) is 19.9. The molecule has 2 aromatic rings. The molecule has 0 unspecified atom stereocenters. The van der Waals surface area contributed by atoms with E-state index in [1.165, 1.54) is 4.90 Å². The summed E-state index contributed by atoms with van der Waals surface area (Å²) in [5, 5.41) is 2.80. The number of rotatable bonds is 9. The molecule has 8 heteroatoms.